The summed E-state index contributed by atoms with van der Waals surface area (Å²) in [6, 6.07) is 9.11. The smallest absolute Gasteiger partial charge is 0.338 e. The zero-order chi connectivity index (χ0) is 20.0. The van der Waals surface area contributed by atoms with Gasteiger partial charge in [-0.2, -0.15) is 0 Å². The van der Waals surface area contributed by atoms with E-state index in [1.54, 1.807) is 19.1 Å². The van der Waals surface area contributed by atoms with Gasteiger partial charge in [-0.1, -0.05) is 6.07 Å². The van der Waals surface area contributed by atoms with Crippen molar-refractivity contribution in [2.24, 2.45) is 0 Å². The molecule has 0 unspecified atom stereocenters. The summed E-state index contributed by atoms with van der Waals surface area (Å²) >= 11 is 0. The van der Waals surface area contributed by atoms with Crippen molar-refractivity contribution in [1.82, 2.24) is 0 Å². The zero-order valence-corrected chi connectivity index (χ0v) is 15.4. The molecule has 0 fully saturated rings. The maximum atomic E-state index is 12.7. The molecular formula is C19H21N3O5. The Morgan fingerprint density at radius 2 is 1.89 bits per heavy atom. The van der Waals surface area contributed by atoms with Crippen LogP contribution < -0.4 is 10.6 Å². The molecule has 27 heavy (non-hydrogen) atoms. The minimum absolute atomic E-state index is 0.130. The molecule has 8 heteroatoms. The van der Waals surface area contributed by atoms with E-state index in [9.17, 15) is 19.7 Å². The number of nitro groups is 1. The predicted octanol–water partition coefficient (Wildman–Crippen LogP) is 3.76. The summed E-state index contributed by atoms with van der Waals surface area (Å²) in [7, 11) is 0. The van der Waals surface area contributed by atoms with Gasteiger partial charge in [0.15, 0.2) is 0 Å². The third kappa shape index (κ3) is 4.60. The van der Waals surface area contributed by atoms with Crippen molar-refractivity contribution < 1.29 is 19.2 Å². The van der Waals surface area contributed by atoms with Crippen LogP contribution in [-0.4, -0.2) is 30.0 Å². The van der Waals surface area contributed by atoms with Crippen molar-refractivity contribution in [3.63, 3.8) is 0 Å². The monoisotopic (exact) mass is 371 g/mol. The quantitative estimate of drug-likeness (QED) is 0.435. The van der Waals surface area contributed by atoms with E-state index >= 15 is 0 Å². The molecule has 0 atom stereocenters. The van der Waals surface area contributed by atoms with Crippen LogP contribution >= 0.6 is 0 Å². The van der Waals surface area contributed by atoms with E-state index in [4.69, 9.17) is 4.74 Å². The van der Waals surface area contributed by atoms with E-state index in [1.165, 1.54) is 31.2 Å². The fourth-order valence-electron chi connectivity index (χ4n) is 2.59. The van der Waals surface area contributed by atoms with Crippen molar-refractivity contribution >= 4 is 28.9 Å². The van der Waals surface area contributed by atoms with E-state index in [1.807, 2.05) is 6.92 Å². The van der Waals surface area contributed by atoms with Crippen LogP contribution in [0.1, 0.15) is 40.1 Å². The molecule has 2 N–H and O–H groups in total. The second-order valence-electron chi connectivity index (χ2n) is 5.67. The number of benzene rings is 2. The van der Waals surface area contributed by atoms with Gasteiger partial charge in [-0.25, -0.2) is 4.79 Å². The molecule has 1 amide bonds. The van der Waals surface area contributed by atoms with Gasteiger partial charge in [0.05, 0.1) is 28.5 Å². The number of nitro benzene ring substituents is 1. The lowest BCUT2D eigenvalue weighted by Gasteiger charge is -2.14. The minimum Gasteiger partial charge on any atom is -0.462 e. The summed E-state index contributed by atoms with van der Waals surface area (Å²) in [4.78, 5) is 35.2. The fraction of sp³-hybridized carbons (Fsp3) is 0.263. The molecule has 2 aromatic rings. The van der Waals surface area contributed by atoms with Crippen LogP contribution in [0.25, 0.3) is 0 Å². The van der Waals surface area contributed by atoms with Crippen LogP contribution in [0.15, 0.2) is 36.4 Å². The third-order valence-corrected chi connectivity index (χ3v) is 3.89. The van der Waals surface area contributed by atoms with E-state index in [0.29, 0.717) is 23.5 Å². The second kappa shape index (κ2) is 8.79. The second-order valence-corrected chi connectivity index (χ2v) is 5.67. The minimum atomic E-state index is -0.530. The summed E-state index contributed by atoms with van der Waals surface area (Å²) in [5.74, 6) is -1.00. The molecule has 0 radical (unpaired) electrons. The largest absolute Gasteiger partial charge is 0.462 e. The van der Waals surface area contributed by atoms with Gasteiger partial charge >= 0.3 is 5.97 Å². The molecule has 0 aromatic heterocycles. The van der Waals surface area contributed by atoms with Crippen molar-refractivity contribution in [1.29, 1.82) is 0 Å². The molecule has 0 aliphatic rings. The molecule has 0 aliphatic carbocycles. The lowest BCUT2D eigenvalue weighted by molar-refractivity contribution is -0.385. The molecule has 0 heterocycles. The van der Waals surface area contributed by atoms with Crippen LogP contribution in [0.3, 0.4) is 0 Å². The van der Waals surface area contributed by atoms with Crippen LogP contribution in [0, 0.1) is 17.0 Å². The van der Waals surface area contributed by atoms with Gasteiger partial charge in [0.25, 0.3) is 11.6 Å². The molecule has 0 saturated heterocycles. The summed E-state index contributed by atoms with van der Waals surface area (Å²) < 4.78 is 4.99. The zero-order valence-electron chi connectivity index (χ0n) is 15.4. The number of hydrogen-bond donors (Lipinski definition) is 2. The third-order valence-electron chi connectivity index (χ3n) is 3.89. The molecule has 2 rings (SSSR count). The molecular weight excluding hydrogens is 350 g/mol. The summed E-state index contributed by atoms with van der Waals surface area (Å²) in [5.41, 5.74) is 1.64. The standard InChI is InChI=1S/C19H21N3O5/c1-4-20-15-10-9-13(19(24)27-5-2)11-16(15)21-18(23)14-7-6-8-17(12(14)3)22(25)26/h6-11,20H,4-5H2,1-3H3,(H,21,23). The molecule has 0 spiro atoms. The van der Waals surface area contributed by atoms with Gasteiger partial charge < -0.3 is 15.4 Å². The van der Waals surface area contributed by atoms with Gasteiger partial charge in [0.1, 0.15) is 0 Å². The van der Waals surface area contributed by atoms with Gasteiger partial charge in [-0.15, -0.1) is 0 Å². The first-order chi connectivity index (χ1) is 12.9. The highest BCUT2D eigenvalue weighted by molar-refractivity contribution is 6.08. The fourth-order valence-corrected chi connectivity index (χ4v) is 2.59. The Morgan fingerprint density at radius 1 is 1.15 bits per heavy atom. The number of carbonyl (C=O) groups is 2. The van der Waals surface area contributed by atoms with E-state index in [-0.39, 0.29) is 23.4 Å². The number of amides is 1. The Bertz CT molecular complexity index is 880. The van der Waals surface area contributed by atoms with Crippen molar-refractivity contribution in [2.75, 3.05) is 23.8 Å². The Hall–Kier alpha value is -3.42. The molecule has 0 saturated carbocycles. The van der Waals surface area contributed by atoms with Gasteiger partial charge in [-0.05, 0) is 45.0 Å². The summed E-state index contributed by atoms with van der Waals surface area (Å²) in [5, 5.41) is 16.9. The predicted molar refractivity (Wildman–Crippen MR) is 102 cm³/mol. The van der Waals surface area contributed by atoms with E-state index < -0.39 is 16.8 Å². The van der Waals surface area contributed by atoms with Gasteiger partial charge in [0, 0.05) is 23.7 Å². The average molecular weight is 371 g/mol. The van der Waals surface area contributed by atoms with E-state index in [0.717, 1.165) is 0 Å². The number of rotatable bonds is 7. The maximum Gasteiger partial charge on any atom is 0.338 e. The maximum absolute atomic E-state index is 12.7. The van der Waals surface area contributed by atoms with Crippen LogP contribution in [0.5, 0.6) is 0 Å². The molecule has 8 nitrogen and oxygen atoms in total. The Labute approximate surface area is 156 Å². The first-order valence-electron chi connectivity index (χ1n) is 8.49. The van der Waals surface area contributed by atoms with Crippen LogP contribution in [0.4, 0.5) is 17.1 Å². The number of nitrogens with one attached hydrogen (secondary N) is 2. The summed E-state index contributed by atoms with van der Waals surface area (Å²) in [6.45, 7) is 5.97. The van der Waals surface area contributed by atoms with Gasteiger partial charge in [0.2, 0.25) is 0 Å². The van der Waals surface area contributed by atoms with Crippen LogP contribution in [-0.2, 0) is 4.74 Å². The topological polar surface area (TPSA) is 111 Å². The first kappa shape index (κ1) is 19.9. The number of ether oxygens (including phenoxy) is 1. The Kier molecular flexibility index (Phi) is 6.48. The highest BCUT2D eigenvalue weighted by Crippen LogP contribution is 2.26. The Morgan fingerprint density at radius 3 is 2.52 bits per heavy atom. The lowest BCUT2D eigenvalue weighted by Crippen LogP contribution is -2.16. The number of carbonyl (C=O) groups excluding carboxylic acids is 2. The van der Waals surface area contributed by atoms with Gasteiger partial charge in [-0.3, -0.25) is 14.9 Å². The summed E-state index contributed by atoms with van der Waals surface area (Å²) in [6.07, 6.45) is 0. The van der Waals surface area contributed by atoms with Crippen LogP contribution in [0.2, 0.25) is 0 Å². The number of anilines is 2. The molecule has 0 aliphatic heterocycles. The van der Waals surface area contributed by atoms with Crippen molar-refractivity contribution in [3.8, 4) is 0 Å². The number of esters is 1. The number of hydrogen-bond acceptors (Lipinski definition) is 6. The molecule has 0 bridgehead atoms. The Balaban J connectivity index is 2.38. The highest BCUT2D eigenvalue weighted by Gasteiger charge is 2.19. The molecule has 2 aromatic carbocycles. The lowest BCUT2D eigenvalue weighted by atomic mass is 10.1. The molecule has 142 valence electrons. The highest BCUT2D eigenvalue weighted by atomic mass is 16.6. The van der Waals surface area contributed by atoms with Crippen molar-refractivity contribution in [2.45, 2.75) is 20.8 Å². The first-order valence-corrected chi connectivity index (χ1v) is 8.49. The average Bonchev–Trinajstić information content (AvgIpc) is 2.63. The SMILES string of the molecule is CCNc1ccc(C(=O)OCC)cc1NC(=O)c1cccc([N+](=O)[O-])c1C. The number of nitrogens with zero attached hydrogens (tertiary/aromatic N) is 1. The van der Waals surface area contributed by atoms with E-state index in [2.05, 4.69) is 10.6 Å². The normalized spacial score (nSPS) is 10.2. The van der Waals surface area contributed by atoms with Crippen molar-refractivity contribution in [3.05, 3.63) is 63.2 Å².